The highest BCUT2D eigenvalue weighted by Crippen LogP contribution is 2.14. The average Bonchev–Trinajstić information content (AvgIpc) is 2.98. The quantitative estimate of drug-likeness (QED) is 0.634. The van der Waals surface area contributed by atoms with Gasteiger partial charge in [-0.3, -0.25) is 9.78 Å². The van der Waals surface area contributed by atoms with Gasteiger partial charge < -0.3 is 9.84 Å². The molecule has 124 valence electrons. The topological polar surface area (TPSA) is 127 Å². The first-order chi connectivity index (χ1) is 10.9. The molecule has 0 aliphatic heterocycles. The standard InChI is InChI=1S/C13H17N5O4S/c1-23(20,21)16-8-7-15-11(19)4-5-12-17-13(18-22-12)10-3-2-6-14-9-10/h2-3,6,9,16H,4-5,7-8H2,1H3,(H,15,19). The second-order valence-corrected chi connectivity index (χ2v) is 6.60. The molecule has 2 rings (SSSR count). The zero-order valence-electron chi connectivity index (χ0n) is 12.5. The van der Waals surface area contributed by atoms with Gasteiger partial charge in [-0.2, -0.15) is 4.98 Å². The molecule has 0 saturated carbocycles. The number of carbonyl (C=O) groups is 1. The largest absolute Gasteiger partial charge is 0.355 e. The Morgan fingerprint density at radius 1 is 1.35 bits per heavy atom. The molecule has 2 heterocycles. The van der Waals surface area contributed by atoms with Crippen LogP contribution in [0.1, 0.15) is 12.3 Å². The van der Waals surface area contributed by atoms with E-state index in [0.29, 0.717) is 18.1 Å². The normalized spacial score (nSPS) is 11.3. The van der Waals surface area contributed by atoms with Crippen molar-refractivity contribution in [1.29, 1.82) is 0 Å². The highest BCUT2D eigenvalue weighted by atomic mass is 32.2. The molecule has 0 aliphatic carbocycles. The Balaban J connectivity index is 1.74. The summed E-state index contributed by atoms with van der Waals surface area (Å²) >= 11 is 0. The minimum atomic E-state index is -3.24. The molecule has 10 heteroatoms. The smallest absolute Gasteiger partial charge is 0.227 e. The third-order valence-corrected chi connectivity index (χ3v) is 3.49. The summed E-state index contributed by atoms with van der Waals surface area (Å²) in [4.78, 5) is 19.8. The molecule has 0 aliphatic rings. The van der Waals surface area contributed by atoms with E-state index in [2.05, 4.69) is 25.2 Å². The van der Waals surface area contributed by atoms with Crippen LogP contribution in [-0.2, 0) is 21.2 Å². The molecule has 0 aromatic carbocycles. The van der Waals surface area contributed by atoms with Crippen LogP contribution in [0.25, 0.3) is 11.4 Å². The van der Waals surface area contributed by atoms with Gasteiger partial charge in [0, 0.05) is 43.9 Å². The lowest BCUT2D eigenvalue weighted by Gasteiger charge is -2.04. The Morgan fingerprint density at radius 3 is 2.87 bits per heavy atom. The fourth-order valence-electron chi connectivity index (χ4n) is 1.72. The van der Waals surface area contributed by atoms with Crippen molar-refractivity contribution >= 4 is 15.9 Å². The summed E-state index contributed by atoms with van der Waals surface area (Å²) in [7, 11) is -3.24. The zero-order chi connectivity index (χ0) is 16.7. The number of aryl methyl sites for hydroxylation is 1. The van der Waals surface area contributed by atoms with Gasteiger partial charge in [0.25, 0.3) is 0 Å². The Morgan fingerprint density at radius 2 is 2.17 bits per heavy atom. The van der Waals surface area contributed by atoms with Crippen molar-refractivity contribution in [1.82, 2.24) is 25.2 Å². The van der Waals surface area contributed by atoms with E-state index in [4.69, 9.17) is 4.52 Å². The molecule has 1 amide bonds. The van der Waals surface area contributed by atoms with Crippen molar-refractivity contribution in [3.63, 3.8) is 0 Å². The van der Waals surface area contributed by atoms with Crippen LogP contribution < -0.4 is 10.0 Å². The lowest BCUT2D eigenvalue weighted by Crippen LogP contribution is -2.34. The number of hydrogen-bond donors (Lipinski definition) is 2. The molecular formula is C13H17N5O4S. The Hall–Kier alpha value is -2.33. The fraction of sp³-hybridized carbons (Fsp3) is 0.385. The molecular weight excluding hydrogens is 322 g/mol. The van der Waals surface area contributed by atoms with Crippen LogP contribution in [0.5, 0.6) is 0 Å². The van der Waals surface area contributed by atoms with E-state index in [1.54, 1.807) is 18.5 Å². The average molecular weight is 339 g/mol. The van der Waals surface area contributed by atoms with Gasteiger partial charge in [-0.15, -0.1) is 0 Å². The SMILES string of the molecule is CS(=O)(=O)NCCNC(=O)CCc1nc(-c2cccnc2)no1. The van der Waals surface area contributed by atoms with Gasteiger partial charge >= 0.3 is 0 Å². The molecule has 2 aromatic heterocycles. The van der Waals surface area contributed by atoms with E-state index in [0.717, 1.165) is 11.8 Å². The van der Waals surface area contributed by atoms with Crippen LogP contribution in [0.15, 0.2) is 29.0 Å². The minimum absolute atomic E-state index is 0.149. The molecule has 9 nitrogen and oxygen atoms in total. The predicted octanol–water partition coefficient (Wildman–Crippen LogP) is -0.270. The number of hydrogen-bond acceptors (Lipinski definition) is 7. The van der Waals surface area contributed by atoms with Gasteiger partial charge in [-0.1, -0.05) is 5.16 Å². The van der Waals surface area contributed by atoms with Gasteiger partial charge in [0.1, 0.15) is 0 Å². The molecule has 2 N–H and O–H groups in total. The first-order valence-corrected chi connectivity index (χ1v) is 8.77. The van der Waals surface area contributed by atoms with Crippen molar-refractivity contribution in [2.24, 2.45) is 0 Å². The Kier molecular flexibility index (Phi) is 5.77. The lowest BCUT2D eigenvalue weighted by molar-refractivity contribution is -0.121. The summed E-state index contributed by atoms with van der Waals surface area (Å²) in [6, 6.07) is 3.58. The molecule has 0 unspecified atom stereocenters. The van der Waals surface area contributed by atoms with E-state index in [9.17, 15) is 13.2 Å². The summed E-state index contributed by atoms with van der Waals surface area (Å²) in [6.45, 7) is 0.368. The molecule has 0 fully saturated rings. The third kappa shape index (κ3) is 6.12. The van der Waals surface area contributed by atoms with E-state index in [1.807, 2.05) is 6.07 Å². The Bertz CT molecular complexity index is 745. The molecule has 2 aromatic rings. The van der Waals surface area contributed by atoms with Crippen molar-refractivity contribution in [2.75, 3.05) is 19.3 Å². The second-order valence-electron chi connectivity index (χ2n) is 4.77. The number of pyridine rings is 1. The number of rotatable bonds is 8. The summed E-state index contributed by atoms with van der Waals surface area (Å²) in [5.74, 6) is 0.556. The van der Waals surface area contributed by atoms with Crippen LogP contribution in [0, 0.1) is 0 Å². The first kappa shape index (κ1) is 17.0. The highest BCUT2D eigenvalue weighted by Gasteiger charge is 2.10. The number of sulfonamides is 1. The molecule has 23 heavy (non-hydrogen) atoms. The van der Waals surface area contributed by atoms with E-state index < -0.39 is 10.0 Å². The minimum Gasteiger partial charge on any atom is -0.355 e. The first-order valence-electron chi connectivity index (χ1n) is 6.88. The number of aromatic nitrogens is 3. The van der Waals surface area contributed by atoms with Crippen molar-refractivity contribution in [3.05, 3.63) is 30.4 Å². The van der Waals surface area contributed by atoms with Gasteiger partial charge in [0.2, 0.25) is 27.6 Å². The van der Waals surface area contributed by atoms with Crippen LogP contribution in [0.4, 0.5) is 0 Å². The fourth-order valence-corrected chi connectivity index (χ4v) is 2.19. The molecule has 0 saturated heterocycles. The molecule has 0 spiro atoms. The van der Waals surface area contributed by atoms with Gasteiger partial charge in [0.05, 0.1) is 6.26 Å². The van der Waals surface area contributed by atoms with Crippen molar-refractivity contribution < 1.29 is 17.7 Å². The lowest BCUT2D eigenvalue weighted by atomic mass is 10.2. The number of nitrogens with one attached hydrogen (secondary N) is 2. The summed E-state index contributed by atoms with van der Waals surface area (Å²) < 4.78 is 29.1. The zero-order valence-corrected chi connectivity index (χ0v) is 13.3. The predicted molar refractivity (Wildman–Crippen MR) is 81.7 cm³/mol. The van der Waals surface area contributed by atoms with Gasteiger partial charge in [-0.25, -0.2) is 13.1 Å². The summed E-state index contributed by atoms with van der Waals surface area (Å²) in [6.07, 6.45) is 4.81. The van der Waals surface area contributed by atoms with E-state index >= 15 is 0 Å². The van der Waals surface area contributed by atoms with Crippen LogP contribution in [0.2, 0.25) is 0 Å². The van der Waals surface area contributed by atoms with Gasteiger partial charge in [-0.05, 0) is 12.1 Å². The van der Waals surface area contributed by atoms with Crippen LogP contribution >= 0.6 is 0 Å². The third-order valence-electron chi connectivity index (χ3n) is 2.77. The van der Waals surface area contributed by atoms with Crippen LogP contribution in [0.3, 0.4) is 0 Å². The number of nitrogens with zero attached hydrogens (tertiary/aromatic N) is 3. The molecule has 0 atom stereocenters. The Labute approximate surface area is 133 Å². The monoisotopic (exact) mass is 339 g/mol. The van der Waals surface area contributed by atoms with Crippen molar-refractivity contribution in [3.8, 4) is 11.4 Å². The van der Waals surface area contributed by atoms with Crippen molar-refractivity contribution in [2.45, 2.75) is 12.8 Å². The van der Waals surface area contributed by atoms with E-state index in [-0.39, 0.29) is 25.4 Å². The second kappa shape index (κ2) is 7.79. The molecule has 0 bridgehead atoms. The highest BCUT2D eigenvalue weighted by molar-refractivity contribution is 7.88. The maximum atomic E-state index is 11.6. The summed E-state index contributed by atoms with van der Waals surface area (Å²) in [5.41, 5.74) is 0.735. The number of carbonyl (C=O) groups excluding carboxylic acids is 1. The van der Waals surface area contributed by atoms with E-state index in [1.165, 1.54) is 0 Å². The maximum Gasteiger partial charge on any atom is 0.227 e. The number of amides is 1. The maximum absolute atomic E-state index is 11.6. The van der Waals surface area contributed by atoms with Gasteiger partial charge in [0.15, 0.2) is 0 Å². The van der Waals surface area contributed by atoms with Crippen LogP contribution in [-0.4, -0.2) is 48.8 Å². The summed E-state index contributed by atoms with van der Waals surface area (Å²) in [5, 5.41) is 6.43. The molecule has 0 radical (unpaired) electrons.